The molecule has 1 unspecified atom stereocenters. The summed E-state index contributed by atoms with van der Waals surface area (Å²) in [5.74, 6) is 0.766. The molecule has 1 rings (SSSR count). The Labute approximate surface area is 115 Å². The van der Waals surface area contributed by atoms with Gasteiger partial charge in [-0.1, -0.05) is 12.1 Å². The fourth-order valence-electron chi connectivity index (χ4n) is 1.78. The van der Waals surface area contributed by atoms with E-state index in [1.807, 2.05) is 45.2 Å². The molecule has 0 radical (unpaired) electrons. The van der Waals surface area contributed by atoms with Gasteiger partial charge in [0.1, 0.15) is 5.75 Å². The highest BCUT2D eigenvalue weighted by atomic mass is 16.5. The predicted molar refractivity (Wildman–Crippen MR) is 76.5 cm³/mol. The molecule has 0 aliphatic rings. The zero-order valence-corrected chi connectivity index (χ0v) is 12.3. The van der Waals surface area contributed by atoms with Crippen molar-refractivity contribution < 1.29 is 14.6 Å². The lowest BCUT2D eigenvalue weighted by Crippen LogP contribution is -2.28. The summed E-state index contributed by atoms with van der Waals surface area (Å²) >= 11 is 0. The van der Waals surface area contributed by atoms with Gasteiger partial charge in [-0.2, -0.15) is 0 Å². The topological polar surface area (TPSA) is 41.9 Å². The van der Waals surface area contributed by atoms with Gasteiger partial charge in [0.15, 0.2) is 0 Å². The highest BCUT2D eigenvalue weighted by Crippen LogP contribution is 2.19. The number of rotatable bonds is 8. The lowest BCUT2D eigenvalue weighted by Gasteiger charge is -2.21. The van der Waals surface area contributed by atoms with Crippen LogP contribution in [0.2, 0.25) is 0 Å². The molecule has 4 heteroatoms. The summed E-state index contributed by atoms with van der Waals surface area (Å²) in [6.45, 7) is 6.10. The van der Waals surface area contributed by atoms with Gasteiger partial charge in [0.05, 0.1) is 25.9 Å². The molecule has 0 bridgehead atoms. The zero-order valence-electron chi connectivity index (χ0n) is 12.3. The SMILES string of the molecule is COc1cccc(C(O)CN(C)CCOC(C)C)c1. The molecule has 0 saturated heterocycles. The van der Waals surface area contributed by atoms with E-state index in [0.29, 0.717) is 13.2 Å². The third-order valence-corrected chi connectivity index (χ3v) is 2.89. The second-order valence-electron chi connectivity index (χ2n) is 4.97. The first kappa shape index (κ1) is 16.0. The van der Waals surface area contributed by atoms with E-state index in [9.17, 15) is 5.11 Å². The second kappa shape index (κ2) is 8.15. The molecule has 1 atom stereocenters. The molecule has 0 heterocycles. The van der Waals surface area contributed by atoms with Crippen LogP contribution in [0.4, 0.5) is 0 Å². The Kier molecular flexibility index (Phi) is 6.84. The zero-order chi connectivity index (χ0) is 14.3. The van der Waals surface area contributed by atoms with Crippen LogP contribution in [0.3, 0.4) is 0 Å². The lowest BCUT2D eigenvalue weighted by atomic mass is 10.1. The lowest BCUT2D eigenvalue weighted by molar-refractivity contribution is 0.0518. The molecule has 1 aromatic rings. The van der Waals surface area contributed by atoms with Gasteiger partial charge in [0, 0.05) is 13.1 Å². The number of likely N-dealkylation sites (N-methyl/N-ethyl adjacent to an activating group) is 1. The largest absolute Gasteiger partial charge is 0.497 e. The number of nitrogens with zero attached hydrogens (tertiary/aromatic N) is 1. The molecule has 1 aromatic carbocycles. The van der Waals surface area contributed by atoms with Crippen molar-refractivity contribution in [3.05, 3.63) is 29.8 Å². The summed E-state index contributed by atoms with van der Waals surface area (Å²) in [7, 11) is 3.61. The van der Waals surface area contributed by atoms with Gasteiger partial charge >= 0.3 is 0 Å². The minimum Gasteiger partial charge on any atom is -0.497 e. The number of hydrogen-bond acceptors (Lipinski definition) is 4. The Bertz CT molecular complexity index is 368. The van der Waals surface area contributed by atoms with E-state index in [0.717, 1.165) is 17.9 Å². The van der Waals surface area contributed by atoms with Crippen molar-refractivity contribution in [2.24, 2.45) is 0 Å². The monoisotopic (exact) mass is 267 g/mol. The summed E-state index contributed by atoms with van der Waals surface area (Å²) in [5.41, 5.74) is 0.871. The van der Waals surface area contributed by atoms with Crippen LogP contribution in [0.1, 0.15) is 25.5 Å². The molecule has 0 spiro atoms. The standard InChI is InChI=1S/C15H25NO3/c1-12(2)19-9-8-16(3)11-15(17)13-6-5-7-14(10-13)18-4/h5-7,10,12,15,17H,8-9,11H2,1-4H3. The van der Waals surface area contributed by atoms with Crippen molar-refractivity contribution in [1.82, 2.24) is 4.90 Å². The van der Waals surface area contributed by atoms with Gasteiger partial charge in [0.2, 0.25) is 0 Å². The van der Waals surface area contributed by atoms with E-state index < -0.39 is 6.10 Å². The Balaban J connectivity index is 2.42. The molecule has 0 aliphatic carbocycles. The third kappa shape index (κ3) is 6.05. The normalized spacial score (nSPS) is 13.0. The van der Waals surface area contributed by atoms with Crippen LogP contribution in [0.25, 0.3) is 0 Å². The molecular weight excluding hydrogens is 242 g/mol. The molecule has 108 valence electrons. The minimum atomic E-state index is -0.515. The fourth-order valence-corrected chi connectivity index (χ4v) is 1.78. The van der Waals surface area contributed by atoms with Gasteiger partial charge in [-0.3, -0.25) is 0 Å². The van der Waals surface area contributed by atoms with Gasteiger partial charge in [-0.05, 0) is 38.6 Å². The Morgan fingerprint density at radius 3 is 2.68 bits per heavy atom. The van der Waals surface area contributed by atoms with Gasteiger partial charge in [0.25, 0.3) is 0 Å². The molecule has 0 fully saturated rings. The van der Waals surface area contributed by atoms with E-state index in [-0.39, 0.29) is 6.10 Å². The average Bonchev–Trinajstić information content (AvgIpc) is 2.38. The molecular formula is C15H25NO3. The highest BCUT2D eigenvalue weighted by Gasteiger charge is 2.11. The first-order valence-electron chi connectivity index (χ1n) is 6.65. The van der Waals surface area contributed by atoms with Gasteiger partial charge < -0.3 is 19.5 Å². The molecule has 0 aliphatic heterocycles. The molecule has 0 amide bonds. The predicted octanol–water partition coefficient (Wildman–Crippen LogP) is 2.09. The van der Waals surface area contributed by atoms with Crippen molar-refractivity contribution in [2.75, 3.05) is 33.9 Å². The van der Waals surface area contributed by atoms with Gasteiger partial charge in [-0.15, -0.1) is 0 Å². The summed E-state index contributed by atoms with van der Waals surface area (Å²) in [6, 6.07) is 7.53. The van der Waals surface area contributed by atoms with Crippen molar-refractivity contribution in [3.63, 3.8) is 0 Å². The quantitative estimate of drug-likeness (QED) is 0.783. The summed E-state index contributed by atoms with van der Waals surface area (Å²) in [6.07, 6.45) is -0.268. The third-order valence-electron chi connectivity index (χ3n) is 2.89. The maximum atomic E-state index is 10.2. The number of aliphatic hydroxyl groups is 1. The molecule has 1 N–H and O–H groups in total. The van der Waals surface area contributed by atoms with Crippen LogP contribution in [-0.2, 0) is 4.74 Å². The first-order chi connectivity index (χ1) is 9.02. The van der Waals surface area contributed by atoms with E-state index in [1.165, 1.54) is 0 Å². The molecule has 0 aromatic heterocycles. The maximum absolute atomic E-state index is 10.2. The van der Waals surface area contributed by atoms with Gasteiger partial charge in [-0.25, -0.2) is 0 Å². The number of hydrogen-bond donors (Lipinski definition) is 1. The highest BCUT2D eigenvalue weighted by molar-refractivity contribution is 5.29. The Morgan fingerprint density at radius 1 is 1.32 bits per heavy atom. The summed E-state index contributed by atoms with van der Waals surface area (Å²) < 4.78 is 10.6. The van der Waals surface area contributed by atoms with Crippen LogP contribution >= 0.6 is 0 Å². The maximum Gasteiger partial charge on any atom is 0.119 e. The number of methoxy groups -OCH3 is 1. The van der Waals surface area contributed by atoms with E-state index in [4.69, 9.17) is 9.47 Å². The number of benzene rings is 1. The van der Waals surface area contributed by atoms with E-state index in [2.05, 4.69) is 4.90 Å². The Morgan fingerprint density at radius 2 is 2.05 bits per heavy atom. The minimum absolute atomic E-state index is 0.247. The van der Waals surface area contributed by atoms with Crippen LogP contribution in [0.15, 0.2) is 24.3 Å². The second-order valence-corrected chi connectivity index (χ2v) is 4.97. The smallest absolute Gasteiger partial charge is 0.119 e. The van der Waals surface area contributed by atoms with Crippen molar-refractivity contribution in [2.45, 2.75) is 26.1 Å². The van der Waals surface area contributed by atoms with Crippen molar-refractivity contribution in [3.8, 4) is 5.75 Å². The van der Waals surface area contributed by atoms with Crippen LogP contribution < -0.4 is 4.74 Å². The summed E-state index contributed by atoms with van der Waals surface area (Å²) in [4.78, 5) is 2.06. The fraction of sp³-hybridized carbons (Fsp3) is 0.600. The average molecular weight is 267 g/mol. The number of aliphatic hydroxyl groups excluding tert-OH is 1. The summed E-state index contributed by atoms with van der Waals surface area (Å²) in [5, 5.41) is 10.2. The first-order valence-corrected chi connectivity index (χ1v) is 6.65. The van der Waals surface area contributed by atoms with Crippen LogP contribution in [0, 0.1) is 0 Å². The van der Waals surface area contributed by atoms with Crippen molar-refractivity contribution in [1.29, 1.82) is 0 Å². The van der Waals surface area contributed by atoms with Crippen LogP contribution in [-0.4, -0.2) is 50.0 Å². The molecule has 4 nitrogen and oxygen atoms in total. The van der Waals surface area contributed by atoms with Crippen LogP contribution in [0.5, 0.6) is 5.75 Å². The molecule has 19 heavy (non-hydrogen) atoms. The van der Waals surface area contributed by atoms with E-state index >= 15 is 0 Å². The van der Waals surface area contributed by atoms with Crippen molar-refractivity contribution >= 4 is 0 Å². The number of ether oxygens (including phenoxy) is 2. The Hall–Kier alpha value is -1.10. The molecule has 0 saturated carbocycles. The van der Waals surface area contributed by atoms with E-state index in [1.54, 1.807) is 7.11 Å².